The van der Waals surface area contributed by atoms with E-state index in [1.807, 2.05) is 75.4 Å². The molecule has 4 aliphatic heterocycles. The molecule has 0 bridgehead atoms. The lowest BCUT2D eigenvalue weighted by molar-refractivity contribution is -0.152. The number of hydrogen-bond acceptors (Lipinski definition) is 5. The van der Waals surface area contributed by atoms with Gasteiger partial charge < -0.3 is 24.5 Å². The van der Waals surface area contributed by atoms with Crippen molar-refractivity contribution in [3.63, 3.8) is 0 Å². The second kappa shape index (κ2) is 10.3. The zero-order valence-corrected chi connectivity index (χ0v) is 22.6. The summed E-state index contributed by atoms with van der Waals surface area (Å²) in [5, 5.41) is 9.13. The van der Waals surface area contributed by atoms with Gasteiger partial charge in [-0.05, 0) is 45.7 Å². The van der Waals surface area contributed by atoms with Crippen LogP contribution in [0.1, 0.15) is 46.5 Å². The van der Waals surface area contributed by atoms with Crippen LogP contribution >= 0.6 is 0 Å². The number of carbonyl (C=O) groups is 3. The van der Waals surface area contributed by atoms with Gasteiger partial charge in [0.05, 0.1) is 17.4 Å². The van der Waals surface area contributed by atoms with Crippen LogP contribution < -0.4 is 4.90 Å². The van der Waals surface area contributed by atoms with Crippen molar-refractivity contribution in [2.75, 3.05) is 31.1 Å². The van der Waals surface area contributed by atoms with Crippen LogP contribution in [0.5, 0.6) is 0 Å². The molecule has 5 atom stereocenters. The molecule has 3 amide bonds. The second-order valence-corrected chi connectivity index (χ2v) is 11.3. The zero-order chi connectivity index (χ0) is 27.1. The summed E-state index contributed by atoms with van der Waals surface area (Å²) in [7, 11) is 0. The molecule has 0 saturated carbocycles. The zero-order valence-electron chi connectivity index (χ0n) is 22.6. The molecule has 8 heteroatoms. The number of rotatable bonds is 8. The van der Waals surface area contributed by atoms with Gasteiger partial charge in [0, 0.05) is 38.0 Å². The highest BCUT2D eigenvalue weighted by Crippen LogP contribution is 2.57. The molecule has 4 heterocycles. The van der Waals surface area contributed by atoms with E-state index in [0.29, 0.717) is 26.1 Å². The third kappa shape index (κ3) is 4.18. The number of ether oxygens (including phenoxy) is 1. The number of likely N-dealkylation sites (tertiary alicyclic amines) is 1. The van der Waals surface area contributed by atoms with E-state index in [1.54, 1.807) is 14.7 Å². The van der Waals surface area contributed by atoms with E-state index in [2.05, 4.69) is 0 Å². The third-order valence-corrected chi connectivity index (χ3v) is 8.59. The van der Waals surface area contributed by atoms with Crippen molar-refractivity contribution in [1.29, 1.82) is 0 Å². The van der Waals surface area contributed by atoms with Crippen LogP contribution in [-0.4, -0.2) is 82.2 Å². The summed E-state index contributed by atoms with van der Waals surface area (Å²) in [6.07, 6.45) is 10.8. The molecule has 1 aromatic rings. The number of para-hydroxylation sites is 1. The normalized spacial score (nSPS) is 32.5. The Morgan fingerprint density at radius 2 is 1.63 bits per heavy atom. The highest BCUT2D eigenvalue weighted by atomic mass is 16.5. The predicted molar refractivity (Wildman–Crippen MR) is 144 cm³/mol. The molecule has 0 radical (unpaired) electrons. The number of nitrogens with zero attached hydrogens (tertiary/aromatic N) is 3. The van der Waals surface area contributed by atoms with Crippen molar-refractivity contribution >= 4 is 23.4 Å². The maximum atomic E-state index is 14.3. The number of amides is 3. The SMILES string of the molecule is CC(C)N1CC=C[C@]23O[C@]4(C)C=CCN(c5ccccc5)C(=O)[C@@H]4[C@H]2C(=O)N(CCCCCCO)C3C1=O. The molecule has 1 unspecified atom stereocenters. The minimum Gasteiger partial charge on any atom is -0.396 e. The fourth-order valence-electron chi connectivity index (χ4n) is 6.83. The molecule has 2 fully saturated rings. The van der Waals surface area contributed by atoms with E-state index in [0.717, 1.165) is 24.9 Å². The quantitative estimate of drug-likeness (QED) is 0.420. The Labute approximate surface area is 224 Å². The number of fused-ring (bicyclic) bond motifs is 2. The molecule has 8 nitrogen and oxygen atoms in total. The van der Waals surface area contributed by atoms with Crippen LogP contribution in [0.4, 0.5) is 5.69 Å². The summed E-state index contributed by atoms with van der Waals surface area (Å²) >= 11 is 0. The number of aliphatic hydroxyl groups excluding tert-OH is 1. The van der Waals surface area contributed by atoms with E-state index < -0.39 is 29.1 Å². The molecule has 1 aromatic carbocycles. The highest BCUT2D eigenvalue weighted by molar-refractivity contribution is 6.04. The Morgan fingerprint density at radius 3 is 2.34 bits per heavy atom. The summed E-state index contributed by atoms with van der Waals surface area (Å²) in [5.74, 6) is -2.05. The Hall–Kier alpha value is -2.97. The van der Waals surface area contributed by atoms with Crippen LogP contribution in [0.3, 0.4) is 0 Å². The monoisotopic (exact) mass is 521 g/mol. The number of aliphatic hydroxyl groups is 1. The highest BCUT2D eigenvalue weighted by Gasteiger charge is 2.74. The first-order valence-electron chi connectivity index (χ1n) is 13.9. The topological polar surface area (TPSA) is 90.4 Å². The maximum Gasteiger partial charge on any atom is 0.249 e. The second-order valence-electron chi connectivity index (χ2n) is 11.3. The van der Waals surface area contributed by atoms with Gasteiger partial charge in [-0.1, -0.05) is 55.3 Å². The first kappa shape index (κ1) is 26.6. The van der Waals surface area contributed by atoms with E-state index >= 15 is 0 Å². The molecule has 38 heavy (non-hydrogen) atoms. The summed E-state index contributed by atoms with van der Waals surface area (Å²) in [6, 6.07) is 8.62. The van der Waals surface area contributed by atoms with Gasteiger partial charge in [-0.3, -0.25) is 14.4 Å². The minimum atomic E-state index is -1.22. The lowest BCUT2D eigenvalue weighted by Gasteiger charge is -2.38. The number of carbonyl (C=O) groups excluding carboxylic acids is 3. The standard InChI is InChI=1S/C30H39N3O5/c1-21(2)31-18-12-16-30-24(27(36)33(25(30)28(31)37)17-9-4-5-10-20-34)23-26(35)32(22-13-7-6-8-14-22)19-11-15-29(23,3)38-30/h6-8,11-16,21,23-25,34H,4-5,9-10,17-20H2,1-3H3/t23-,24-,25?,29+,30-/m0/s1. The first-order valence-corrected chi connectivity index (χ1v) is 13.9. The minimum absolute atomic E-state index is 0.0413. The van der Waals surface area contributed by atoms with Crippen LogP contribution in [0, 0.1) is 11.8 Å². The number of unbranched alkanes of at least 4 members (excludes halogenated alkanes) is 3. The summed E-state index contributed by atoms with van der Waals surface area (Å²) < 4.78 is 6.86. The largest absolute Gasteiger partial charge is 0.396 e. The Kier molecular flexibility index (Phi) is 7.22. The van der Waals surface area contributed by atoms with Crippen LogP contribution in [0.25, 0.3) is 0 Å². The first-order chi connectivity index (χ1) is 18.2. The Balaban J connectivity index is 1.56. The van der Waals surface area contributed by atoms with Crippen LogP contribution in [-0.2, 0) is 19.1 Å². The van der Waals surface area contributed by atoms with Gasteiger partial charge in [0.2, 0.25) is 17.7 Å². The van der Waals surface area contributed by atoms with Crippen LogP contribution in [0.15, 0.2) is 54.6 Å². The van der Waals surface area contributed by atoms with Gasteiger partial charge in [-0.2, -0.15) is 0 Å². The van der Waals surface area contributed by atoms with Crippen LogP contribution in [0.2, 0.25) is 0 Å². The average molecular weight is 522 g/mol. The fraction of sp³-hybridized carbons (Fsp3) is 0.567. The van der Waals surface area contributed by atoms with Crippen molar-refractivity contribution in [2.45, 2.75) is 69.7 Å². The average Bonchev–Trinajstić information content (AvgIpc) is 3.15. The van der Waals surface area contributed by atoms with Crippen molar-refractivity contribution in [1.82, 2.24) is 9.80 Å². The van der Waals surface area contributed by atoms with Gasteiger partial charge in [0.15, 0.2) is 0 Å². The van der Waals surface area contributed by atoms with Crippen molar-refractivity contribution in [3.05, 3.63) is 54.6 Å². The number of hydrogen-bond donors (Lipinski definition) is 1. The molecule has 1 spiro atoms. The lowest BCUT2D eigenvalue weighted by atomic mass is 9.74. The van der Waals surface area contributed by atoms with Crippen molar-refractivity contribution in [3.8, 4) is 0 Å². The van der Waals surface area contributed by atoms with E-state index in [9.17, 15) is 14.4 Å². The van der Waals surface area contributed by atoms with Crippen molar-refractivity contribution in [2.24, 2.45) is 11.8 Å². The summed E-state index contributed by atoms with van der Waals surface area (Å²) in [4.78, 5) is 47.9. The van der Waals surface area contributed by atoms with Gasteiger partial charge in [-0.25, -0.2) is 0 Å². The van der Waals surface area contributed by atoms with E-state index in [4.69, 9.17) is 9.84 Å². The molecular weight excluding hydrogens is 482 g/mol. The van der Waals surface area contributed by atoms with Crippen molar-refractivity contribution < 1.29 is 24.2 Å². The molecule has 2 saturated heterocycles. The van der Waals surface area contributed by atoms with Gasteiger partial charge >= 0.3 is 0 Å². The number of benzene rings is 1. The third-order valence-electron chi connectivity index (χ3n) is 8.59. The van der Waals surface area contributed by atoms with Gasteiger partial charge in [0.1, 0.15) is 11.6 Å². The van der Waals surface area contributed by atoms with E-state index in [1.165, 1.54) is 0 Å². The Bertz CT molecular complexity index is 1130. The molecule has 0 aromatic heterocycles. The molecule has 204 valence electrons. The van der Waals surface area contributed by atoms with E-state index in [-0.39, 0.29) is 30.4 Å². The summed E-state index contributed by atoms with van der Waals surface area (Å²) in [6.45, 7) is 7.21. The maximum absolute atomic E-state index is 14.3. The number of anilines is 1. The molecule has 5 rings (SSSR count). The van der Waals surface area contributed by atoms with Gasteiger partial charge in [0.25, 0.3) is 0 Å². The smallest absolute Gasteiger partial charge is 0.249 e. The summed E-state index contributed by atoms with van der Waals surface area (Å²) in [5.41, 5.74) is -1.47. The molecular formula is C30H39N3O5. The molecule has 0 aliphatic carbocycles. The molecule has 4 aliphatic rings. The van der Waals surface area contributed by atoms with Gasteiger partial charge in [-0.15, -0.1) is 0 Å². The predicted octanol–water partition coefficient (Wildman–Crippen LogP) is 2.92. The fourth-order valence-corrected chi connectivity index (χ4v) is 6.83. The molecule has 1 N–H and O–H groups in total. The lowest BCUT2D eigenvalue weighted by Crippen LogP contribution is -2.57. The Morgan fingerprint density at radius 1 is 0.921 bits per heavy atom.